The van der Waals surface area contributed by atoms with Crippen LogP contribution in [0.5, 0.6) is 11.5 Å². The van der Waals surface area contributed by atoms with E-state index in [1.54, 1.807) is 18.2 Å². The van der Waals surface area contributed by atoms with Crippen LogP contribution in [0.2, 0.25) is 5.02 Å². The number of para-hydroxylation sites is 1. The Kier molecular flexibility index (Phi) is 5.58. The first-order valence-corrected chi connectivity index (χ1v) is 10.9. The lowest BCUT2D eigenvalue weighted by atomic mass is 10.2. The SMILES string of the molecule is O=c1[nH]c2cccc(Oc3cccc(NS(=O)(=O)c4cc(C(F)(F)F)cc(Cl)c4F)c3)c2[nH]1. The number of fused-ring (bicyclic) bond motifs is 1. The number of anilines is 1. The zero-order chi connectivity index (χ0) is 24.0. The van der Waals surface area contributed by atoms with E-state index in [2.05, 4.69) is 9.97 Å². The zero-order valence-corrected chi connectivity index (χ0v) is 17.7. The van der Waals surface area contributed by atoms with Gasteiger partial charge in [-0.2, -0.15) is 13.2 Å². The van der Waals surface area contributed by atoms with Crippen molar-refractivity contribution in [2.45, 2.75) is 11.1 Å². The third-order valence-electron chi connectivity index (χ3n) is 4.44. The molecular formula is C20H12ClF4N3O4S. The molecule has 0 aliphatic heterocycles. The smallest absolute Gasteiger partial charge is 0.416 e. The highest BCUT2D eigenvalue weighted by Crippen LogP contribution is 2.36. The van der Waals surface area contributed by atoms with Gasteiger partial charge in [0, 0.05) is 6.07 Å². The summed E-state index contributed by atoms with van der Waals surface area (Å²) < 4.78 is 86.4. The lowest BCUT2D eigenvalue weighted by molar-refractivity contribution is -0.137. The minimum Gasteiger partial charge on any atom is -0.455 e. The van der Waals surface area contributed by atoms with Gasteiger partial charge in [0.05, 0.1) is 21.8 Å². The van der Waals surface area contributed by atoms with Gasteiger partial charge in [0.15, 0.2) is 11.6 Å². The maximum absolute atomic E-state index is 14.3. The van der Waals surface area contributed by atoms with Gasteiger partial charge >= 0.3 is 11.9 Å². The molecule has 0 unspecified atom stereocenters. The summed E-state index contributed by atoms with van der Waals surface area (Å²) >= 11 is 5.48. The molecule has 13 heteroatoms. The van der Waals surface area contributed by atoms with E-state index in [4.69, 9.17) is 16.3 Å². The lowest BCUT2D eigenvalue weighted by Crippen LogP contribution is -2.17. The minimum absolute atomic E-state index is 0.116. The fourth-order valence-corrected chi connectivity index (χ4v) is 4.45. The van der Waals surface area contributed by atoms with E-state index in [1.165, 1.54) is 24.3 Å². The van der Waals surface area contributed by atoms with Crippen LogP contribution in [0.3, 0.4) is 0 Å². The summed E-state index contributed by atoms with van der Waals surface area (Å²) in [5.41, 5.74) is -1.14. The standard InChI is InChI=1S/C20H12ClF4N3O4S/c21-13-7-10(20(23,24)25)8-16(17(13)22)33(30,31)28-11-3-1-4-12(9-11)32-15-6-2-5-14-18(15)27-19(29)26-14/h1-9,28H,(H2,26,27,29). The van der Waals surface area contributed by atoms with Crippen LogP contribution in [0, 0.1) is 5.82 Å². The third kappa shape index (κ3) is 4.66. The molecular weight excluding hydrogens is 490 g/mol. The lowest BCUT2D eigenvalue weighted by Gasteiger charge is -2.14. The topological polar surface area (TPSA) is 104 Å². The molecule has 1 aromatic heterocycles. The molecule has 7 nitrogen and oxygen atoms in total. The van der Waals surface area contributed by atoms with Crippen molar-refractivity contribution in [2.24, 2.45) is 0 Å². The van der Waals surface area contributed by atoms with Crippen molar-refractivity contribution >= 4 is 38.3 Å². The second-order valence-corrected chi connectivity index (χ2v) is 8.82. The summed E-state index contributed by atoms with van der Waals surface area (Å²) in [6.07, 6.45) is -4.93. The molecule has 0 aliphatic carbocycles. The average Bonchev–Trinajstić information content (AvgIpc) is 3.10. The summed E-state index contributed by atoms with van der Waals surface area (Å²) in [7, 11) is -4.79. The van der Waals surface area contributed by atoms with Crippen molar-refractivity contribution < 1.29 is 30.7 Å². The second-order valence-electron chi connectivity index (χ2n) is 6.76. The van der Waals surface area contributed by atoms with Crippen molar-refractivity contribution in [2.75, 3.05) is 4.72 Å². The summed E-state index contributed by atoms with van der Waals surface area (Å²) in [6, 6.07) is 10.7. The van der Waals surface area contributed by atoms with Crippen molar-refractivity contribution in [3.8, 4) is 11.5 Å². The summed E-state index contributed by atoms with van der Waals surface area (Å²) in [5, 5.41) is -0.990. The molecule has 0 amide bonds. The summed E-state index contributed by atoms with van der Waals surface area (Å²) in [6.45, 7) is 0. The number of ether oxygens (including phenoxy) is 1. The molecule has 33 heavy (non-hydrogen) atoms. The number of rotatable bonds is 5. The number of hydrogen-bond acceptors (Lipinski definition) is 4. The second kappa shape index (κ2) is 8.12. The molecule has 172 valence electrons. The van der Waals surface area contributed by atoms with E-state index in [1.807, 2.05) is 4.72 Å². The van der Waals surface area contributed by atoms with Gasteiger partial charge in [0.2, 0.25) is 0 Å². The average molecular weight is 502 g/mol. The van der Waals surface area contributed by atoms with Gasteiger partial charge in [0.1, 0.15) is 16.2 Å². The highest BCUT2D eigenvalue weighted by molar-refractivity contribution is 7.92. The first-order chi connectivity index (χ1) is 15.4. The van der Waals surface area contributed by atoms with Crippen LogP contribution in [-0.2, 0) is 16.2 Å². The van der Waals surface area contributed by atoms with Crippen LogP contribution in [-0.4, -0.2) is 18.4 Å². The van der Waals surface area contributed by atoms with E-state index < -0.39 is 43.2 Å². The normalized spacial score (nSPS) is 12.2. The first kappa shape index (κ1) is 22.7. The Morgan fingerprint density at radius 2 is 1.73 bits per heavy atom. The summed E-state index contributed by atoms with van der Waals surface area (Å²) in [5.74, 6) is -1.14. The highest BCUT2D eigenvalue weighted by Gasteiger charge is 2.34. The Bertz CT molecular complexity index is 1530. The van der Waals surface area contributed by atoms with E-state index >= 15 is 0 Å². The molecule has 0 saturated carbocycles. The molecule has 3 N–H and O–H groups in total. The Hall–Kier alpha value is -3.51. The minimum atomic E-state index is -4.93. The molecule has 0 bridgehead atoms. The van der Waals surface area contributed by atoms with Crippen LogP contribution >= 0.6 is 11.6 Å². The maximum atomic E-state index is 14.3. The van der Waals surface area contributed by atoms with Crippen molar-refractivity contribution in [3.05, 3.63) is 81.5 Å². The monoisotopic (exact) mass is 501 g/mol. The molecule has 1 heterocycles. The molecule has 0 saturated heterocycles. The van der Waals surface area contributed by atoms with Gasteiger partial charge in [0.25, 0.3) is 10.0 Å². The Labute approximate surface area is 188 Å². The largest absolute Gasteiger partial charge is 0.455 e. The predicted octanol–water partition coefficient (Wildman–Crippen LogP) is 5.26. The number of halogens is 5. The number of nitrogens with one attached hydrogen (secondary N) is 3. The van der Waals surface area contributed by atoms with Crippen LogP contribution < -0.4 is 15.1 Å². The molecule has 4 aromatic rings. The van der Waals surface area contributed by atoms with Gasteiger partial charge in [-0.3, -0.25) is 4.72 Å². The molecule has 0 spiro atoms. The molecule has 0 aliphatic rings. The molecule has 3 aromatic carbocycles. The Balaban J connectivity index is 1.66. The molecule has 0 fully saturated rings. The molecule has 0 radical (unpaired) electrons. The number of H-pyrrole nitrogens is 2. The number of aromatic nitrogens is 2. The number of sulfonamides is 1. The summed E-state index contributed by atoms with van der Waals surface area (Å²) in [4.78, 5) is 15.4. The van der Waals surface area contributed by atoms with Gasteiger partial charge in [-0.1, -0.05) is 23.7 Å². The molecule has 0 atom stereocenters. The predicted molar refractivity (Wildman–Crippen MR) is 113 cm³/mol. The van der Waals surface area contributed by atoms with Crippen molar-refractivity contribution in [1.29, 1.82) is 0 Å². The quantitative estimate of drug-likeness (QED) is 0.324. The molecule has 4 rings (SSSR count). The van der Waals surface area contributed by atoms with Crippen LogP contribution in [0.25, 0.3) is 11.0 Å². The number of aromatic amines is 2. The Morgan fingerprint density at radius 1 is 1.00 bits per heavy atom. The van der Waals surface area contributed by atoms with Crippen molar-refractivity contribution in [1.82, 2.24) is 9.97 Å². The van der Waals surface area contributed by atoms with Crippen LogP contribution in [0.1, 0.15) is 5.56 Å². The van der Waals surface area contributed by atoms with Gasteiger partial charge in [-0.15, -0.1) is 0 Å². The number of imidazole rings is 1. The maximum Gasteiger partial charge on any atom is 0.416 e. The van der Waals surface area contributed by atoms with E-state index in [0.29, 0.717) is 17.1 Å². The van der Waals surface area contributed by atoms with Crippen LogP contribution in [0.4, 0.5) is 23.2 Å². The Morgan fingerprint density at radius 3 is 2.45 bits per heavy atom. The van der Waals surface area contributed by atoms with E-state index in [-0.39, 0.29) is 23.3 Å². The van der Waals surface area contributed by atoms with Gasteiger partial charge in [-0.05, 0) is 36.4 Å². The van der Waals surface area contributed by atoms with E-state index in [0.717, 1.165) is 0 Å². The fourth-order valence-electron chi connectivity index (χ4n) is 3.00. The zero-order valence-electron chi connectivity index (χ0n) is 16.1. The van der Waals surface area contributed by atoms with Crippen LogP contribution in [0.15, 0.2) is 64.3 Å². The van der Waals surface area contributed by atoms with Gasteiger partial charge < -0.3 is 14.7 Å². The highest BCUT2D eigenvalue weighted by atomic mass is 35.5. The first-order valence-electron chi connectivity index (χ1n) is 9.02. The number of hydrogen-bond donors (Lipinski definition) is 3. The number of alkyl halides is 3. The van der Waals surface area contributed by atoms with Crippen molar-refractivity contribution in [3.63, 3.8) is 0 Å². The van der Waals surface area contributed by atoms with E-state index in [9.17, 15) is 30.8 Å². The fraction of sp³-hybridized carbons (Fsp3) is 0.0500. The third-order valence-corrected chi connectivity index (χ3v) is 6.09. The van der Waals surface area contributed by atoms with Gasteiger partial charge in [-0.25, -0.2) is 17.6 Å². The number of benzene rings is 3.